The first-order valence-electron chi connectivity index (χ1n) is 9.87. The molecule has 1 fully saturated rings. The summed E-state index contributed by atoms with van der Waals surface area (Å²) in [7, 11) is 3.56. The molecule has 1 saturated heterocycles. The minimum atomic E-state index is 0.672. The van der Waals surface area contributed by atoms with Crippen molar-refractivity contribution >= 4 is 11.6 Å². The molecule has 0 spiro atoms. The third-order valence-electron chi connectivity index (χ3n) is 5.11. The van der Waals surface area contributed by atoms with Crippen molar-refractivity contribution in [2.45, 2.75) is 19.3 Å². The fourth-order valence-corrected chi connectivity index (χ4v) is 3.43. The van der Waals surface area contributed by atoms with E-state index in [4.69, 9.17) is 14.2 Å². The minimum Gasteiger partial charge on any atom is -0.490 e. The summed E-state index contributed by atoms with van der Waals surface area (Å²) in [6.45, 7) is 6.45. The maximum atomic E-state index is 5.76. The molecule has 1 aromatic carbocycles. The highest BCUT2D eigenvalue weighted by molar-refractivity contribution is 5.93. The Balaban J connectivity index is 1.45. The van der Waals surface area contributed by atoms with Crippen LogP contribution in [-0.2, 0) is 4.74 Å². The lowest BCUT2D eigenvalue weighted by Crippen LogP contribution is -2.41. The van der Waals surface area contributed by atoms with Crippen molar-refractivity contribution < 1.29 is 14.2 Å². The van der Waals surface area contributed by atoms with Crippen LogP contribution in [0.4, 0.5) is 5.69 Å². The molecule has 7 nitrogen and oxygen atoms in total. The van der Waals surface area contributed by atoms with Gasteiger partial charge in [-0.05, 0) is 44.0 Å². The molecule has 2 aliphatic heterocycles. The second kappa shape index (κ2) is 10.4. The largest absolute Gasteiger partial charge is 0.490 e. The third kappa shape index (κ3) is 6.01. The van der Waals surface area contributed by atoms with Crippen LogP contribution in [0.1, 0.15) is 19.3 Å². The molecule has 2 N–H and O–H groups in total. The van der Waals surface area contributed by atoms with Gasteiger partial charge in [-0.2, -0.15) is 0 Å². The van der Waals surface area contributed by atoms with Crippen molar-refractivity contribution in [2.75, 3.05) is 65.5 Å². The van der Waals surface area contributed by atoms with Crippen LogP contribution in [0.25, 0.3) is 0 Å². The van der Waals surface area contributed by atoms with Gasteiger partial charge in [-0.3, -0.25) is 4.99 Å². The number of aliphatic imine (C=N–C) groups is 1. The van der Waals surface area contributed by atoms with Crippen molar-refractivity contribution in [2.24, 2.45) is 10.9 Å². The van der Waals surface area contributed by atoms with Gasteiger partial charge in [0.25, 0.3) is 0 Å². The SMILES string of the molecule is CN=C(NCC1CCN(CCOC)CC1)Nc1ccc2c(c1)OCCCO2. The summed E-state index contributed by atoms with van der Waals surface area (Å²) < 4.78 is 16.6. The number of benzene rings is 1. The lowest BCUT2D eigenvalue weighted by molar-refractivity contribution is 0.121. The average Bonchev–Trinajstić information content (AvgIpc) is 2.95. The van der Waals surface area contributed by atoms with Gasteiger partial charge in [0.05, 0.1) is 19.8 Å². The number of rotatable bonds is 6. The monoisotopic (exact) mass is 376 g/mol. The normalized spacial score (nSPS) is 18.8. The van der Waals surface area contributed by atoms with E-state index in [0.717, 1.165) is 62.4 Å². The van der Waals surface area contributed by atoms with Gasteiger partial charge in [-0.15, -0.1) is 0 Å². The van der Waals surface area contributed by atoms with E-state index in [1.54, 1.807) is 14.2 Å². The van der Waals surface area contributed by atoms with E-state index >= 15 is 0 Å². The molecule has 0 aromatic heterocycles. The molecular weight excluding hydrogens is 344 g/mol. The lowest BCUT2D eigenvalue weighted by atomic mass is 9.97. The van der Waals surface area contributed by atoms with Crippen molar-refractivity contribution in [1.82, 2.24) is 10.2 Å². The van der Waals surface area contributed by atoms with Gasteiger partial charge in [0.2, 0.25) is 0 Å². The molecule has 1 aromatic rings. The number of nitrogens with zero attached hydrogens (tertiary/aromatic N) is 2. The molecule has 0 saturated carbocycles. The lowest BCUT2D eigenvalue weighted by Gasteiger charge is -2.32. The molecule has 0 atom stereocenters. The van der Waals surface area contributed by atoms with Crippen molar-refractivity contribution in [3.8, 4) is 11.5 Å². The topological polar surface area (TPSA) is 67.4 Å². The average molecular weight is 377 g/mol. The molecule has 150 valence electrons. The second-order valence-electron chi connectivity index (χ2n) is 7.07. The summed E-state index contributed by atoms with van der Waals surface area (Å²) in [5, 5.41) is 6.81. The standard InChI is InChI=1S/C20H32N4O3/c1-21-20(22-15-16-6-8-24(9-7-16)10-13-25-2)23-17-4-5-18-19(14-17)27-12-3-11-26-18/h4-5,14,16H,3,6-13,15H2,1-2H3,(H2,21,22,23). The van der Waals surface area contributed by atoms with Crippen LogP contribution in [0.3, 0.4) is 0 Å². The molecular formula is C20H32N4O3. The fourth-order valence-electron chi connectivity index (χ4n) is 3.43. The Kier molecular flexibility index (Phi) is 7.59. The zero-order chi connectivity index (χ0) is 18.9. The van der Waals surface area contributed by atoms with Crippen LogP contribution < -0.4 is 20.1 Å². The molecule has 0 amide bonds. The first kappa shape index (κ1) is 19.8. The number of nitrogens with one attached hydrogen (secondary N) is 2. The van der Waals surface area contributed by atoms with Crippen molar-refractivity contribution in [3.63, 3.8) is 0 Å². The Morgan fingerprint density at radius 3 is 2.74 bits per heavy atom. The molecule has 3 rings (SSSR count). The second-order valence-corrected chi connectivity index (χ2v) is 7.07. The van der Waals surface area contributed by atoms with Crippen LogP contribution in [0.5, 0.6) is 11.5 Å². The highest BCUT2D eigenvalue weighted by Gasteiger charge is 2.19. The number of ether oxygens (including phenoxy) is 3. The third-order valence-corrected chi connectivity index (χ3v) is 5.11. The minimum absolute atomic E-state index is 0.672. The van der Waals surface area contributed by atoms with Crippen LogP contribution in [0.2, 0.25) is 0 Å². The Morgan fingerprint density at radius 1 is 1.22 bits per heavy atom. The Bertz CT molecular complexity index is 615. The van der Waals surface area contributed by atoms with Gasteiger partial charge in [0, 0.05) is 45.4 Å². The number of guanidine groups is 1. The van der Waals surface area contributed by atoms with Gasteiger partial charge >= 0.3 is 0 Å². The summed E-state index contributed by atoms with van der Waals surface area (Å²) in [6.07, 6.45) is 3.32. The molecule has 0 bridgehead atoms. The van der Waals surface area contributed by atoms with E-state index in [2.05, 4.69) is 20.5 Å². The fraction of sp³-hybridized carbons (Fsp3) is 0.650. The number of hydrogen-bond donors (Lipinski definition) is 2. The van der Waals surface area contributed by atoms with Crippen molar-refractivity contribution in [1.29, 1.82) is 0 Å². The molecule has 0 radical (unpaired) electrons. The summed E-state index contributed by atoms with van der Waals surface area (Å²) in [5.41, 5.74) is 0.946. The van der Waals surface area contributed by atoms with E-state index in [0.29, 0.717) is 19.1 Å². The Morgan fingerprint density at radius 2 is 2.00 bits per heavy atom. The van der Waals surface area contributed by atoms with Crippen LogP contribution in [0.15, 0.2) is 23.2 Å². The highest BCUT2D eigenvalue weighted by Crippen LogP contribution is 2.32. The summed E-state index contributed by atoms with van der Waals surface area (Å²) in [5.74, 6) is 3.05. The van der Waals surface area contributed by atoms with Gasteiger partial charge in [0.1, 0.15) is 0 Å². The van der Waals surface area contributed by atoms with Gasteiger partial charge < -0.3 is 29.7 Å². The molecule has 0 unspecified atom stereocenters. The molecule has 27 heavy (non-hydrogen) atoms. The zero-order valence-electron chi connectivity index (χ0n) is 16.5. The predicted octanol–water partition coefficient (Wildman–Crippen LogP) is 2.19. The van der Waals surface area contributed by atoms with Crippen molar-refractivity contribution in [3.05, 3.63) is 18.2 Å². The Hall–Kier alpha value is -1.99. The van der Waals surface area contributed by atoms with E-state index in [-0.39, 0.29) is 0 Å². The predicted molar refractivity (Wildman–Crippen MR) is 108 cm³/mol. The first-order valence-corrected chi connectivity index (χ1v) is 9.87. The number of methoxy groups -OCH3 is 1. The number of fused-ring (bicyclic) bond motifs is 1. The molecule has 2 heterocycles. The zero-order valence-corrected chi connectivity index (χ0v) is 16.5. The highest BCUT2D eigenvalue weighted by atomic mass is 16.5. The summed E-state index contributed by atoms with van der Waals surface area (Å²) >= 11 is 0. The quantitative estimate of drug-likeness (QED) is 0.586. The summed E-state index contributed by atoms with van der Waals surface area (Å²) in [6, 6.07) is 5.92. The van der Waals surface area contributed by atoms with Gasteiger partial charge in [0.15, 0.2) is 17.5 Å². The van der Waals surface area contributed by atoms with Crippen LogP contribution in [0, 0.1) is 5.92 Å². The van der Waals surface area contributed by atoms with Crippen LogP contribution in [-0.4, -0.2) is 71.0 Å². The maximum Gasteiger partial charge on any atom is 0.195 e. The number of anilines is 1. The van der Waals surface area contributed by atoms with E-state index in [1.807, 2.05) is 18.2 Å². The number of hydrogen-bond acceptors (Lipinski definition) is 5. The Labute approximate surface area is 162 Å². The first-order chi connectivity index (χ1) is 13.3. The number of piperidine rings is 1. The molecule has 2 aliphatic rings. The van der Waals surface area contributed by atoms with E-state index in [1.165, 1.54) is 12.8 Å². The van der Waals surface area contributed by atoms with Crippen LogP contribution >= 0.6 is 0 Å². The van der Waals surface area contributed by atoms with Gasteiger partial charge in [-0.1, -0.05) is 0 Å². The molecule has 7 heteroatoms. The summed E-state index contributed by atoms with van der Waals surface area (Å²) in [4.78, 5) is 6.83. The smallest absolute Gasteiger partial charge is 0.195 e. The van der Waals surface area contributed by atoms with E-state index < -0.39 is 0 Å². The maximum absolute atomic E-state index is 5.76. The number of likely N-dealkylation sites (tertiary alicyclic amines) is 1. The van der Waals surface area contributed by atoms with Gasteiger partial charge in [-0.25, -0.2) is 0 Å². The molecule has 0 aliphatic carbocycles. The van der Waals surface area contributed by atoms with E-state index in [9.17, 15) is 0 Å².